The van der Waals surface area contributed by atoms with Crippen molar-refractivity contribution in [2.75, 3.05) is 33.8 Å². The van der Waals surface area contributed by atoms with E-state index in [2.05, 4.69) is 91.6 Å². The van der Waals surface area contributed by atoms with Crippen LogP contribution in [0.1, 0.15) is 51.8 Å². The molecular weight excluding hydrogens is 560 g/mol. The fraction of sp³-hybridized carbons (Fsp3) is 0.368. The summed E-state index contributed by atoms with van der Waals surface area (Å²) < 4.78 is 19.1. The molecule has 0 aliphatic carbocycles. The molecule has 0 radical (unpaired) electrons. The Morgan fingerprint density at radius 2 is 1.67 bits per heavy atom. The first kappa shape index (κ1) is 32.0. The Morgan fingerprint density at radius 3 is 2.44 bits per heavy atom. The molecule has 4 aromatic rings. The Morgan fingerprint density at radius 1 is 0.889 bits per heavy atom. The van der Waals surface area contributed by atoms with Crippen molar-refractivity contribution < 1.29 is 14.2 Å². The largest absolute Gasteiger partial charge is 0.493 e. The summed E-state index contributed by atoms with van der Waals surface area (Å²) in [6.07, 6.45) is 5.73. The van der Waals surface area contributed by atoms with Gasteiger partial charge in [-0.2, -0.15) is 5.26 Å². The second kappa shape index (κ2) is 15.1. The average molecular weight is 605 g/mol. The summed E-state index contributed by atoms with van der Waals surface area (Å²) in [5.74, 6) is 3.05. The minimum absolute atomic E-state index is 0.308. The Hall–Kier alpha value is -4.38. The van der Waals surface area contributed by atoms with Gasteiger partial charge >= 0.3 is 0 Å². The van der Waals surface area contributed by atoms with Gasteiger partial charge in [-0.1, -0.05) is 30.3 Å². The van der Waals surface area contributed by atoms with E-state index in [9.17, 15) is 5.26 Å². The Labute approximate surface area is 267 Å². The summed E-state index contributed by atoms with van der Waals surface area (Å²) in [7, 11) is 4.11. The number of nitriles is 1. The molecule has 7 heteroatoms. The van der Waals surface area contributed by atoms with Crippen molar-refractivity contribution in [3.63, 3.8) is 0 Å². The van der Waals surface area contributed by atoms with Crippen molar-refractivity contribution in [3.8, 4) is 34.4 Å². The molecule has 1 N–H and O–H groups in total. The predicted molar refractivity (Wildman–Crippen MR) is 179 cm³/mol. The van der Waals surface area contributed by atoms with Gasteiger partial charge in [0.1, 0.15) is 36.5 Å². The minimum atomic E-state index is 0.308. The third kappa shape index (κ3) is 8.02. The molecule has 1 atom stereocenters. The highest BCUT2D eigenvalue weighted by Gasteiger charge is 2.19. The molecule has 234 valence electrons. The molecule has 45 heavy (non-hydrogen) atoms. The van der Waals surface area contributed by atoms with Crippen molar-refractivity contribution >= 4 is 0 Å². The topological polar surface area (TPSA) is 79.6 Å². The lowest BCUT2D eigenvalue weighted by atomic mass is 9.93. The van der Waals surface area contributed by atoms with Crippen LogP contribution in [0.3, 0.4) is 0 Å². The number of piperidine rings is 1. The van der Waals surface area contributed by atoms with Crippen LogP contribution >= 0.6 is 0 Å². The highest BCUT2D eigenvalue weighted by Crippen LogP contribution is 2.35. The highest BCUT2D eigenvalue weighted by molar-refractivity contribution is 5.73. The van der Waals surface area contributed by atoms with E-state index in [1.54, 1.807) is 18.5 Å². The summed E-state index contributed by atoms with van der Waals surface area (Å²) in [5, 5.41) is 12.4. The lowest BCUT2D eigenvalue weighted by Gasteiger charge is -2.29. The second-order valence-electron chi connectivity index (χ2n) is 12.1. The van der Waals surface area contributed by atoms with Crippen molar-refractivity contribution in [3.05, 3.63) is 106 Å². The minimum Gasteiger partial charge on any atom is -0.493 e. The van der Waals surface area contributed by atoms with Crippen LogP contribution in [0.15, 0.2) is 67.0 Å². The molecule has 1 aromatic heterocycles. The van der Waals surface area contributed by atoms with Gasteiger partial charge in [0.25, 0.3) is 0 Å². The number of pyridine rings is 1. The van der Waals surface area contributed by atoms with Gasteiger partial charge in [0.05, 0.1) is 12.2 Å². The molecule has 1 aliphatic heterocycles. The zero-order chi connectivity index (χ0) is 31.8. The van der Waals surface area contributed by atoms with Gasteiger partial charge in [0, 0.05) is 48.6 Å². The SMILES string of the molecule is CNCc1cc(C)c(OCc2cccc(-c3cccc(OCC4CCCN(C)C4)c3C)c2C)cc1OCc1cncc(C#N)c1. The Kier molecular flexibility index (Phi) is 10.7. The summed E-state index contributed by atoms with van der Waals surface area (Å²) in [5.41, 5.74) is 9.29. The molecule has 0 saturated carbocycles. The van der Waals surface area contributed by atoms with Crippen LogP contribution in [-0.2, 0) is 19.8 Å². The van der Waals surface area contributed by atoms with Crippen LogP contribution in [0.2, 0.25) is 0 Å². The number of aromatic nitrogens is 1. The average Bonchev–Trinajstić information content (AvgIpc) is 3.04. The number of nitrogens with one attached hydrogen (secondary N) is 1. The lowest BCUT2D eigenvalue weighted by molar-refractivity contribution is 0.150. The van der Waals surface area contributed by atoms with Gasteiger partial charge in [-0.3, -0.25) is 4.98 Å². The van der Waals surface area contributed by atoms with Gasteiger partial charge in [-0.05, 0) is 106 Å². The van der Waals surface area contributed by atoms with Gasteiger partial charge < -0.3 is 24.4 Å². The first-order valence-electron chi connectivity index (χ1n) is 15.7. The maximum Gasteiger partial charge on any atom is 0.128 e. The van der Waals surface area contributed by atoms with Gasteiger partial charge in [0.15, 0.2) is 0 Å². The second-order valence-corrected chi connectivity index (χ2v) is 12.1. The predicted octanol–water partition coefficient (Wildman–Crippen LogP) is 7.14. The van der Waals surface area contributed by atoms with Crippen molar-refractivity contribution in [2.45, 2.75) is 53.4 Å². The fourth-order valence-electron chi connectivity index (χ4n) is 6.10. The fourth-order valence-corrected chi connectivity index (χ4v) is 6.10. The van der Waals surface area contributed by atoms with Crippen LogP contribution in [0.25, 0.3) is 11.1 Å². The molecule has 1 fully saturated rings. The molecule has 0 bridgehead atoms. The van der Waals surface area contributed by atoms with Crippen LogP contribution in [0.5, 0.6) is 17.2 Å². The number of hydrogen-bond donors (Lipinski definition) is 1. The zero-order valence-corrected chi connectivity index (χ0v) is 27.2. The Balaban J connectivity index is 1.31. The van der Waals surface area contributed by atoms with E-state index in [1.807, 2.05) is 13.1 Å². The van der Waals surface area contributed by atoms with E-state index < -0.39 is 0 Å². The van der Waals surface area contributed by atoms with Gasteiger partial charge in [-0.25, -0.2) is 0 Å². The van der Waals surface area contributed by atoms with E-state index in [0.29, 0.717) is 31.2 Å². The molecular formula is C38H44N4O3. The van der Waals surface area contributed by atoms with Crippen molar-refractivity contribution in [2.24, 2.45) is 5.92 Å². The maximum atomic E-state index is 9.22. The molecule has 5 rings (SSSR count). The molecule has 3 aromatic carbocycles. The summed E-state index contributed by atoms with van der Waals surface area (Å²) >= 11 is 0. The van der Waals surface area contributed by atoms with Gasteiger partial charge in [0.2, 0.25) is 0 Å². The van der Waals surface area contributed by atoms with Gasteiger partial charge in [-0.15, -0.1) is 0 Å². The van der Waals surface area contributed by atoms with Crippen LogP contribution < -0.4 is 19.5 Å². The first-order valence-corrected chi connectivity index (χ1v) is 15.7. The number of ether oxygens (including phenoxy) is 3. The molecule has 0 amide bonds. The molecule has 1 saturated heterocycles. The standard InChI is InChI=1S/C38H44N4O3/c1-26-15-33(21-40-4)38(44-24-31-16-30(18-39)19-41-20-31)17-37(26)45-25-32-10-6-11-34(27(32)2)35-12-7-13-36(28(35)3)43-23-29-9-8-14-42(5)22-29/h6-7,10-13,15-17,19-20,29,40H,8-9,14,21-25H2,1-5H3. The smallest absolute Gasteiger partial charge is 0.128 e. The molecule has 2 heterocycles. The molecule has 1 aliphatic rings. The van der Waals surface area contributed by atoms with E-state index in [4.69, 9.17) is 14.2 Å². The number of aryl methyl sites for hydroxylation is 1. The van der Waals surface area contributed by atoms with E-state index >= 15 is 0 Å². The third-order valence-corrected chi connectivity index (χ3v) is 8.64. The number of nitrogens with zero attached hydrogens (tertiary/aromatic N) is 3. The number of hydrogen-bond acceptors (Lipinski definition) is 7. The van der Waals surface area contributed by atoms with Crippen molar-refractivity contribution in [1.82, 2.24) is 15.2 Å². The van der Waals surface area contributed by atoms with Crippen molar-refractivity contribution in [1.29, 1.82) is 5.26 Å². The summed E-state index contributed by atoms with van der Waals surface area (Å²) in [6, 6.07) is 20.8. The van der Waals surface area contributed by atoms with E-state index in [0.717, 1.165) is 58.2 Å². The monoisotopic (exact) mass is 604 g/mol. The summed E-state index contributed by atoms with van der Waals surface area (Å²) in [6.45, 7) is 10.8. The van der Waals surface area contributed by atoms with E-state index in [-0.39, 0.29) is 0 Å². The highest BCUT2D eigenvalue weighted by atomic mass is 16.5. The quantitative estimate of drug-likeness (QED) is 0.184. The third-order valence-electron chi connectivity index (χ3n) is 8.64. The van der Waals surface area contributed by atoms with Crippen LogP contribution in [0.4, 0.5) is 0 Å². The first-order chi connectivity index (χ1) is 21.9. The van der Waals surface area contributed by atoms with E-state index in [1.165, 1.54) is 36.1 Å². The zero-order valence-electron chi connectivity index (χ0n) is 27.2. The van der Waals surface area contributed by atoms with Crippen LogP contribution in [0, 0.1) is 38.0 Å². The van der Waals surface area contributed by atoms with Crippen LogP contribution in [-0.4, -0.2) is 43.7 Å². The number of benzene rings is 3. The maximum absolute atomic E-state index is 9.22. The molecule has 0 spiro atoms. The molecule has 7 nitrogen and oxygen atoms in total. The summed E-state index contributed by atoms with van der Waals surface area (Å²) in [4.78, 5) is 6.55. The molecule has 1 unspecified atom stereocenters. The Bertz CT molecular complexity index is 1660. The lowest BCUT2D eigenvalue weighted by Crippen LogP contribution is -2.34. The number of rotatable bonds is 12. The number of likely N-dealkylation sites (tertiary alicyclic amines) is 1. The normalized spacial score (nSPS) is 15.0.